The SMILES string of the molecule is CCC1C=CC(CN)CC1. The highest BCUT2D eigenvalue weighted by molar-refractivity contribution is 4.97. The van der Waals surface area contributed by atoms with E-state index in [2.05, 4.69) is 19.1 Å². The summed E-state index contributed by atoms with van der Waals surface area (Å²) in [6, 6.07) is 0. The molecule has 0 aliphatic heterocycles. The molecule has 2 atom stereocenters. The van der Waals surface area contributed by atoms with Gasteiger partial charge in [0.2, 0.25) is 0 Å². The summed E-state index contributed by atoms with van der Waals surface area (Å²) in [5.74, 6) is 1.51. The van der Waals surface area contributed by atoms with E-state index in [-0.39, 0.29) is 0 Å². The Morgan fingerprint density at radius 3 is 2.30 bits per heavy atom. The molecule has 1 rings (SSSR count). The molecule has 0 aromatic rings. The third-order valence-electron chi connectivity index (χ3n) is 2.39. The van der Waals surface area contributed by atoms with Gasteiger partial charge in [0, 0.05) is 0 Å². The molecule has 0 saturated heterocycles. The Kier molecular flexibility index (Phi) is 2.94. The summed E-state index contributed by atoms with van der Waals surface area (Å²) in [5.41, 5.74) is 5.54. The molecule has 0 spiro atoms. The fraction of sp³-hybridized carbons (Fsp3) is 0.778. The van der Waals surface area contributed by atoms with Crippen molar-refractivity contribution in [2.24, 2.45) is 17.6 Å². The highest BCUT2D eigenvalue weighted by Crippen LogP contribution is 2.23. The van der Waals surface area contributed by atoms with Crippen LogP contribution in [0.2, 0.25) is 0 Å². The van der Waals surface area contributed by atoms with E-state index in [0.29, 0.717) is 5.92 Å². The van der Waals surface area contributed by atoms with Gasteiger partial charge in [-0.25, -0.2) is 0 Å². The molecule has 0 heterocycles. The van der Waals surface area contributed by atoms with Gasteiger partial charge in [0.1, 0.15) is 0 Å². The lowest BCUT2D eigenvalue weighted by molar-refractivity contribution is 0.452. The first-order valence-electron chi connectivity index (χ1n) is 4.25. The van der Waals surface area contributed by atoms with Crippen molar-refractivity contribution in [2.45, 2.75) is 26.2 Å². The molecule has 1 aliphatic rings. The van der Waals surface area contributed by atoms with Crippen LogP contribution >= 0.6 is 0 Å². The van der Waals surface area contributed by atoms with Gasteiger partial charge in [-0.3, -0.25) is 0 Å². The van der Waals surface area contributed by atoms with Crippen LogP contribution in [0.5, 0.6) is 0 Å². The maximum absolute atomic E-state index is 5.54. The zero-order chi connectivity index (χ0) is 7.40. The highest BCUT2D eigenvalue weighted by atomic mass is 14.5. The molecule has 0 fully saturated rings. The number of allylic oxidation sites excluding steroid dienone is 1. The highest BCUT2D eigenvalue weighted by Gasteiger charge is 2.11. The van der Waals surface area contributed by atoms with Gasteiger partial charge >= 0.3 is 0 Å². The average molecular weight is 139 g/mol. The van der Waals surface area contributed by atoms with Crippen LogP contribution in [0.25, 0.3) is 0 Å². The minimum absolute atomic E-state index is 0.669. The quantitative estimate of drug-likeness (QED) is 0.581. The van der Waals surface area contributed by atoms with E-state index in [1.54, 1.807) is 0 Å². The van der Waals surface area contributed by atoms with Crippen LogP contribution in [0.3, 0.4) is 0 Å². The summed E-state index contributed by atoms with van der Waals surface area (Å²) >= 11 is 0. The van der Waals surface area contributed by atoms with Gasteiger partial charge in [0.25, 0.3) is 0 Å². The topological polar surface area (TPSA) is 26.0 Å². The van der Waals surface area contributed by atoms with Crippen molar-refractivity contribution in [3.05, 3.63) is 12.2 Å². The molecule has 0 aromatic heterocycles. The van der Waals surface area contributed by atoms with Gasteiger partial charge in [0.15, 0.2) is 0 Å². The van der Waals surface area contributed by atoms with Crippen LogP contribution in [0, 0.1) is 11.8 Å². The monoisotopic (exact) mass is 139 g/mol. The summed E-state index contributed by atoms with van der Waals surface area (Å²) in [5, 5.41) is 0. The summed E-state index contributed by atoms with van der Waals surface area (Å²) in [7, 11) is 0. The Morgan fingerprint density at radius 2 is 1.90 bits per heavy atom. The van der Waals surface area contributed by atoms with Crippen molar-refractivity contribution < 1.29 is 0 Å². The van der Waals surface area contributed by atoms with Crippen LogP contribution < -0.4 is 5.73 Å². The number of rotatable bonds is 2. The lowest BCUT2D eigenvalue weighted by Crippen LogP contribution is -2.16. The van der Waals surface area contributed by atoms with Crippen molar-refractivity contribution in [1.82, 2.24) is 0 Å². The Balaban J connectivity index is 2.36. The molecule has 0 radical (unpaired) electrons. The Morgan fingerprint density at radius 1 is 1.30 bits per heavy atom. The Hall–Kier alpha value is -0.300. The van der Waals surface area contributed by atoms with Crippen LogP contribution in [0.1, 0.15) is 26.2 Å². The van der Waals surface area contributed by atoms with Crippen molar-refractivity contribution >= 4 is 0 Å². The van der Waals surface area contributed by atoms with Gasteiger partial charge in [-0.05, 0) is 37.6 Å². The summed E-state index contributed by atoms with van der Waals surface area (Å²) in [6.07, 6.45) is 8.55. The van der Waals surface area contributed by atoms with Gasteiger partial charge in [0.05, 0.1) is 0 Å². The number of hydrogen-bond acceptors (Lipinski definition) is 1. The third-order valence-corrected chi connectivity index (χ3v) is 2.39. The Bertz CT molecular complexity index is 104. The second kappa shape index (κ2) is 3.77. The molecular weight excluding hydrogens is 122 g/mol. The molecule has 2 unspecified atom stereocenters. The van der Waals surface area contributed by atoms with Crippen LogP contribution in [-0.4, -0.2) is 6.54 Å². The summed E-state index contributed by atoms with van der Waals surface area (Å²) < 4.78 is 0. The van der Waals surface area contributed by atoms with E-state index in [9.17, 15) is 0 Å². The Labute approximate surface area is 63.3 Å². The molecule has 10 heavy (non-hydrogen) atoms. The number of nitrogens with two attached hydrogens (primary N) is 1. The molecule has 0 bridgehead atoms. The normalized spacial score (nSPS) is 32.6. The largest absolute Gasteiger partial charge is 0.330 e. The van der Waals surface area contributed by atoms with E-state index in [1.807, 2.05) is 0 Å². The first-order chi connectivity index (χ1) is 4.86. The second-order valence-electron chi connectivity index (χ2n) is 3.13. The molecule has 1 nitrogen and oxygen atoms in total. The molecule has 0 amide bonds. The predicted octanol–water partition coefficient (Wildman–Crippen LogP) is 1.94. The second-order valence-corrected chi connectivity index (χ2v) is 3.13. The van der Waals surface area contributed by atoms with Gasteiger partial charge in [-0.15, -0.1) is 0 Å². The predicted molar refractivity (Wildman–Crippen MR) is 44.7 cm³/mol. The number of hydrogen-bond donors (Lipinski definition) is 1. The zero-order valence-electron chi connectivity index (χ0n) is 6.72. The van der Waals surface area contributed by atoms with Crippen LogP contribution in [-0.2, 0) is 0 Å². The van der Waals surface area contributed by atoms with Crippen molar-refractivity contribution in [3.8, 4) is 0 Å². The van der Waals surface area contributed by atoms with E-state index in [4.69, 9.17) is 5.73 Å². The van der Waals surface area contributed by atoms with E-state index >= 15 is 0 Å². The lowest BCUT2D eigenvalue weighted by atomic mass is 9.87. The molecule has 2 N–H and O–H groups in total. The van der Waals surface area contributed by atoms with Crippen molar-refractivity contribution in [2.75, 3.05) is 6.54 Å². The molecule has 0 saturated carbocycles. The molecule has 1 aliphatic carbocycles. The third kappa shape index (κ3) is 1.84. The van der Waals surface area contributed by atoms with E-state index in [1.165, 1.54) is 19.3 Å². The fourth-order valence-electron chi connectivity index (χ4n) is 1.47. The van der Waals surface area contributed by atoms with Crippen LogP contribution in [0.15, 0.2) is 12.2 Å². The maximum Gasteiger partial charge on any atom is -0.00142 e. The minimum Gasteiger partial charge on any atom is -0.330 e. The molecule has 58 valence electrons. The van der Waals surface area contributed by atoms with E-state index < -0.39 is 0 Å². The first-order valence-corrected chi connectivity index (χ1v) is 4.25. The van der Waals surface area contributed by atoms with Gasteiger partial charge < -0.3 is 5.73 Å². The summed E-state index contributed by atoms with van der Waals surface area (Å²) in [6.45, 7) is 3.07. The standard InChI is InChI=1S/C9H17N/c1-2-8-3-5-9(7-10)6-4-8/h3,5,8-9H,2,4,6-7,10H2,1H3. The molecule has 0 aromatic carbocycles. The van der Waals surface area contributed by atoms with Crippen molar-refractivity contribution in [1.29, 1.82) is 0 Å². The average Bonchev–Trinajstić information content (AvgIpc) is 2.05. The van der Waals surface area contributed by atoms with Gasteiger partial charge in [-0.2, -0.15) is 0 Å². The van der Waals surface area contributed by atoms with Crippen molar-refractivity contribution in [3.63, 3.8) is 0 Å². The summed E-state index contributed by atoms with van der Waals surface area (Å²) in [4.78, 5) is 0. The minimum atomic E-state index is 0.669. The maximum atomic E-state index is 5.54. The van der Waals surface area contributed by atoms with E-state index in [0.717, 1.165) is 12.5 Å². The molecular formula is C9H17N. The first kappa shape index (κ1) is 7.80. The fourth-order valence-corrected chi connectivity index (χ4v) is 1.47. The lowest BCUT2D eigenvalue weighted by Gasteiger charge is -2.20. The smallest absolute Gasteiger partial charge is 0.00142 e. The van der Waals surface area contributed by atoms with Gasteiger partial charge in [-0.1, -0.05) is 19.1 Å². The zero-order valence-corrected chi connectivity index (χ0v) is 6.72. The van der Waals surface area contributed by atoms with Crippen LogP contribution in [0.4, 0.5) is 0 Å². The molecule has 1 heteroatoms.